The van der Waals surface area contributed by atoms with E-state index in [4.69, 9.17) is 0 Å². The Morgan fingerprint density at radius 1 is 1.12 bits per heavy atom. The molecule has 0 fully saturated rings. The lowest BCUT2D eigenvalue weighted by atomic mass is 9.86. The molecule has 1 unspecified atom stereocenters. The van der Waals surface area contributed by atoms with E-state index in [9.17, 15) is 0 Å². The predicted octanol–water partition coefficient (Wildman–Crippen LogP) is 4.88. The van der Waals surface area contributed by atoms with Crippen LogP contribution in [-0.2, 0) is 0 Å². The van der Waals surface area contributed by atoms with Crippen molar-refractivity contribution in [2.45, 2.75) is 19.3 Å². The van der Waals surface area contributed by atoms with Crippen LogP contribution in [-0.4, -0.2) is 0 Å². The van der Waals surface area contributed by atoms with E-state index >= 15 is 0 Å². The van der Waals surface area contributed by atoms with E-state index in [0.29, 0.717) is 5.92 Å². The molecule has 0 radical (unpaired) electrons. The van der Waals surface area contributed by atoms with Crippen molar-refractivity contribution in [2.75, 3.05) is 0 Å². The first-order valence-corrected chi connectivity index (χ1v) is 6.01. The van der Waals surface area contributed by atoms with Crippen LogP contribution >= 0.6 is 0 Å². The second-order valence-corrected chi connectivity index (χ2v) is 4.46. The number of hydrogen-bond donors (Lipinski definition) is 0. The minimum absolute atomic E-state index is 0.513. The molecule has 0 aromatic heterocycles. The Bertz CT molecular complexity index is 501. The van der Waals surface area contributed by atoms with E-state index in [0.717, 1.165) is 6.42 Å². The maximum atomic E-state index is 3.91. The monoisotopic (exact) mass is 222 g/mol. The van der Waals surface area contributed by atoms with E-state index in [1.54, 1.807) is 0 Å². The van der Waals surface area contributed by atoms with Gasteiger partial charge in [-0.1, -0.05) is 68.7 Å². The zero-order valence-electron chi connectivity index (χ0n) is 10.3. The van der Waals surface area contributed by atoms with Gasteiger partial charge in [0, 0.05) is 0 Å². The van der Waals surface area contributed by atoms with Crippen molar-refractivity contribution in [3.63, 3.8) is 0 Å². The molecule has 1 aliphatic carbocycles. The summed E-state index contributed by atoms with van der Waals surface area (Å²) in [7, 11) is 0. The van der Waals surface area contributed by atoms with Crippen LogP contribution in [0.15, 0.2) is 66.8 Å². The third-order valence-electron chi connectivity index (χ3n) is 3.33. The van der Waals surface area contributed by atoms with Crippen LogP contribution in [0.2, 0.25) is 0 Å². The fraction of sp³-hybridized carbons (Fsp3) is 0.176. The molecule has 0 saturated heterocycles. The summed E-state index contributed by atoms with van der Waals surface area (Å²) < 4.78 is 0. The molecule has 0 N–H and O–H groups in total. The van der Waals surface area contributed by atoms with Gasteiger partial charge in [0.1, 0.15) is 0 Å². The quantitative estimate of drug-likeness (QED) is 0.669. The zero-order valence-corrected chi connectivity index (χ0v) is 10.3. The van der Waals surface area contributed by atoms with Gasteiger partial charge in [-0.2, -0.15) is 0 Å². The second kappa shape index (κ2) is 5.01. The normalized spacial score (nSPS) is 25.4. The van der Waals surface area contributed by atoms with Gasteiger partial charge in [-0.05, 0) is 34.6 Å². The fourth-order valence-corrected chi connectivity index (χ4v) is 2.36. The Morgan fingerprint density at radius 3 is 2.59 bits per heavy atom. The molecule has 0 heterocycles. The van der Waals surface area contributed by atoms with Gasteiger partial charge >= 0.3 is 0 Å². The summed E-state index contributed by atoms with van der Waals surface area (Å²) in [4.78, 5) is 0. The average Bonchev–Trinajstić information content (AvgIpc) is 2.36. The van der Waals surface area contributed by atoms with Crippen LogP contribution < -0.4 is 0 Å². The lowest BCUT2D eigenvalue weighted by molar-refractivity contribution is 0.757. The topological polar surface area (TPSA) is 0 Å². The van der Waals surface area contributed by atoms with E-state index < -0.39 is 0 Å². The predicted molar refractivity (Wildman–Crippen MR) is 75.9 cm³/mol. The van der Waals surface area contributed by atoms with Crippen LogP contribution in [0.5, 0.6) is 0 Å². The van der Waals surface area contributed by atoms with E-state index in [1.807, 2.05) is 12.2 Å². The molecule has 0 nitrogen and oxygen atoms in total. The van der Waals surface area contributed by atoms with Crippen LogP contribution in [0.1, 0.15) is 30.4 Å². The average molecular weight is 222 g/mol. The van der Waals surface area contributed by atoms with Gasteiger partial charge in [0.2, 0.25) is 0 Å². The zero-order chi connectivity index (χ0) is 12.3. The highest BCUT2D eigenvalue weighted by Crippen LogP contribution is 2.31. The molecule has 17 heavy (non-hydrogen) atoms. The summed E-state index contributed by atoms with van der Waals surface area (Å²) in [6.07, 6.45) is 9.19. The van der Waals surface area contributed by atoms with Crippen molar-refractivity contribution in [3.05, 3.63) is 77.9 Å². The molecule has 1 aliphatic rings. The maximum absolute atomic E-state index is 3.91. The Kier molecular flexibility index (Phi) is 3.43. The molecule has 86 valence electrons. The molecule has 0 amide bonds. The van der Waals surface area contributed by atoms with Crippen LogP contribution in [0.3, 0.4) is 0 Å². The van der Waals surface area contributed by atoms with Crippen molar-refractivity contribution in [3.8, 4) is 0 Å². The van der Waals surface area contributed by atoms with Gasteiger partial charge in [-0.25, -0.2) is 0 Å². The van der Waals surface area contributed by atoms with E-state index in [2.05, 4.69) is 56.5 Å². The molecule has 2 rings (SSSR count). The Balaban J connectivity index is 2.55. The molecule has 1 atom stereocenters. The Labute approximate surface area is 104 Å². The summed E-state index contributed by atoms with van der Waals surface area (Å²) in [6.45, 7) is 10.1. The first-order chi connectivity index (χ1) is 8.26. The molecular formula is C17H18. The minimum atomic E-state index is 0.513. The molecule has 1 aromatic rings. The van der Waals surface area contributed by atoms with Crippen LogP contribution in [0.25, 0.3) is 6.08 Å². The number of allylic oxidation sites excluding steroid dienone is 5. The third-order valence-corrected chi connectivity index (χ3v) is 3.33. The molecular weight excluding hydrogens is 204 g/mol. The lowest BCUT2D eigenvalue weighted by Gasteiger charge is -2.19. The summed E-state index contributed by atoms with van der Waals surface area (Å²) in [5, 5.41) is 0. The maximum Gasteiger partial charge on any atom is -0.0144 e. The fourth-order valence-electron chi connectivity index (χ4n) is 2.36. The highest BCUT2D eigenvalue weighted by atomic mass is 14.2. The molecule has 0 heteroatoms. The van der Waals surface area contributed by atoms with Crippen molar-refractivity contribution < 1.29 is 0 Å². The van der Waals surface area contributed by atoms with E-state index in [-0.39, 0.29) is 0 Å². The van der Waals surface area contributed by atoms with Gasteiger partial charge in [0.25, 0.3) is 0 Å². The van der Waals surface area contributed by atoms with Crippen molar-refractivity contribution in [1.82, 2.24) is 0 Å². The second-order valence-electron chi connectivity index (χ2n) is 4.46. The highest BCUT2D eigenvalue weighted by Gasteiger charge is 2.13. The van der Waals surface area contributed by atoms with Crippen LogP contribution in [0.4, 0.5) is 0 Å². The van der Waals surface area contributed by atoms with E-state index in [1.165, 1.54) is 22.3 Å². The lowest BCUT2D eigenvalue weighted by Crippen LogP contribution is -2.01. The number of hydrogen-bond acceptors (Lipinski definition) is 0. The minimum Gasteiger partial charge on any atom is -0.0988 e. The smallest absolute Gasteiger partial charge is 0.0144 e. The van der Waals surface area contributed by atoms with Crippen molar-refractivity contribution >= 4 is 6.08 Å². The first kappa shape index (κ1) is 11.7. The molecule has 0 spiro atoms. The van der Waals surface area contributed by atoms with Gasteiger partial charge < -0.3 is 0 Å². The van der Waals surface area contributed by atoms with Gasteiger partial charge in [-0.15, -0.1) is 0 Å². The summed E-state index contributed by atoms with van der Waals surface area (Å²) in [6, 6.07) is 8.57. The van der Waals surface area contributed by atoms with Crippen molar-refractivity contribution in [1.29, 1.82) is 0 Å². The standard InChI is InChI=1S/C17H18/c1-4-14-10-11-16-8-6-7-9-17(16)13(3)12-15(14)5-2/h4-11,13H,1-2,12H2,3H3/b11-10-,15-14-. The third kappa shape index (κ3) is 2.31. The summed E-state index contributed by atoms with van der Waals surface area (Å²) in [5.74, 6) is 0.513. The first-order valence-electron chi connectivity index (χ1n) is 6.01. The Morgan fingerprint density at radius 2 is 1.88 bits per heavy atom. The molecule has 1 aromatic carbocycles. The largest absolute Gasteiger partial charge is 0.0988 e. The van der Waals surface area contributed by atoms with Gasteiger partial charge in [-0.3, -0.25) is 0 Å². The van der Waals surface area contributed by atoms with Crippen LogP contribution in [0, 0.1) is 0 Å². The summed E-state index contributed by atoms with van der Waals surface area (Å²) >= 11 is 0. The number of fused-ring (bicyclic) bond motifs is 1. The summed E-state index contributed by atoms with van der Waals surface area (Å²) in [5.41, 5.74) is 5.17. The SMILES string of the molecule is C=CC1=C(\C=C)CC(C)c2ccccc2/C=C\1. The Hall–Kier alpha value is -1.82. The molecule has 0 saturated carbocycles. The highest BCUT2D eigenvalue weighted by molar-refractivity contribution is 5.61. The van der Waals surface area contributed by atoms with Gasteiger partial charge in [0.05, 0.1) is 0 Å². The number of rotatable bonds is 2. The van der Waals surface area contributed by atoms with Gasteiger partial charge in [0.15, 0.2) is 0 Å². The van der Waals surface area contributed by atoms with Crippen molar-refractivity contribution in [2.24, 2.45) is 0 Å². The molecule has 0 aliphatic heterocycles. The molecule has 0 bridgehead atoms. The number of benzene rings is 1.